The van der Waals surface area contributed by atoms with Gasteiger partial charge in [0.25, 0.3) is 0 Å². The summed E-state index contributed by atoms with van der Waals surface area (Å²) in [6, 6.07) is 0.679. The number of rotatable bonds is 3. The molecule has 4 heteroatoms. The van der Waals surface area contributed by atoms with Gasteiger partial charge in [0.2, 0.25) is 0 Å². The lowest BCUT2D eigenvalue weighted by Gasteiger charge is -2.28. The SMILES string of the molecule is COC1=CC(=[N+]=[N-])C=CC1NC1CCCCC1. The fourth-order valence-electron chi connectivity index (χ4n) is 2.48. The molecular formula is C13H19N3O. The minimum Gasteiger partial charge on any atom is -0.499 e. The third kappa shape index (κ3) is 3.05. The summed E-state index contributed by atoms with van der Waals surface area (Å²) in [6.07, 6.45) is 12.0. The monoisotopic (exact) mass is 233 g/mol. The van der Waals surface area contributed by atoms with E-state index >= 15 is 0 Å². The molecule has 17 heavy (non-hydrogen) atoms. The van der Waals surface area contributed by atoms with Crippen LogP contribution in [0.5, 0.6) is 0 Å². The number of methoxy groups -OCH3 is 1. The van der Waals surface area contributed by atoms with Crippen molar-refractivity contribution in [1.82, 2.24) is 5.32 Å². The van der Waals surface area contributed by atoms with E-state index < -0.39 is 0 Å². The molecule has 0 heterocycles. The minimum atomic E-state index is 0.105. The molecule has 1 unspecified atom stereocenters. The summed E-state index contributed by atoms with van der Waals surface area (Å²) >= 11 is 0. The van der Waals surface area contributed by atoms with Gasteiger partial charge < -0.3 is 15.6 Å². The van der Waals surface area contributed by atoms with E-state index in [2.05, 4.69) is 10.1 Å². The molecule has 2 aliphatic carbocycles. The van der Waals surface area contributed by atoms with Crippen molar-refractivity contribution in [3.63, 3.8) is 0 Å². The molecule has 0 aromatic rings. The number of ether oxygens (including phenoxy) is 1. The Balaban J connectivity index is 2.00. The largest absolute Gasteiger partial charge is 0.499 e. The highest BCUT2D eigenvalue weighted by atomic mass is 16.5. The number of nitrogens with zero attached hydrogens (tertiary/aromatic N) is 2. The second-order valence-electron chi connectivity index (χ2n) is 4.61. The zero-order chi connectivity index (χ0) is 12.1. The first kappa shape index (κ1) is 12.1. The lowest BCUT2D eigenvalue weighted by atomic mass is 9.94. The van der Waals surface area contributed by atoms with Gasteiger partial charge in [-0.25, -0.2) is 0 Å². The van der Waals surface area contributed by atoms with E-state index in [4.69, 9.17) is 10.3 Å². The molecule has 0 aliphatic heterocycles. The van der Waals surface area contributed by atoms with E-state index in [1.165, 1.54) is 32.1 Å². The third-order valence-corrected chi connectivity index (χ3v) is 3.43. The second-order valence-corrected chi connectivity index (χ2v) is 4.61. The highest BCUT2D eigenvalue weighted by Gasteiger charge is 2.23. The van der Waals surface area contributed by atoms with Gasteiger partial charge >= 0.3 is 5.71 Å². The maximum atomic E-state index is 8.73. The average molecular weight is 233 g/mol. The summed E-state index contributed by atoms with van der Waals surface area (Å²) in [5.74, 6) is 0.811. The smallest absolute Gasteiger partial charge is 0.318 e. The van der Waals surface area contributed by atoms with Crippen molar-refractivity contribution in [1.29, 1.82) is 0 Å². The highest BCUT2D eigenvalue weighted by molar-refractivity contribution is 6.01. The average Bonchev–Trinajstić information content (AvgIpc) is 2.40. The number of nitrogens with one attached hydrogen (secondary N) is 1. The van der Waals surface area contributed by atoms with Gasteiger partial charge in [-0.15, -0.1) is 0 Å². The lowest BCUT2D eigenvalue weighted by molar-refractivity contribution is -0.00209. The Labute approximate surface area is 102 Å². The van der Waals surface area contributed by atoms with Gasteiger partial charge in [-0.3, -0.25) is 0 Å². The van der Waals surface area contributed by atoms with Crippen molar-refractivity contribution in [3.05, 3.63) is 29.5 Å². The van der Waals surface area contributed by atoms with E-state index in [1.807, 2.05) is 12.2 Å². The van der Waals surface area contributed by atoms with Crippen LogP contribution < -0.4 is 5.32 Å². The lowest BCUT2D eigenvalue weighted by Crippen LogP contribution is -2.41. The molecule has 0 saturated heterocycles. The van der Waals surface area contributed by atoms with Gasteiger partial charge in [0.1, 0.15) is 5.76 Å². The Bertz CT molecular complexity index is 374. The maximum absolute atomic E-state index is 8.73. The third-order valence-electron chi connectivity index (χ3n) is 3.43. The summed E-state index contributed by atoms with van der Waals surface area (Å²) in [5.41, 5.74) is 9.26. The van der Waals surface area contributed by atoms with E-state index in [9.17, 15) is 0 Å². The number of hydrogen-bond acceptors (Lipinski definition) is 2. The normalized spacial score (nSPS) is 25.4. The molecule has 0 amide bonds. The summed E-state index contributed by atoms with van der Waals surface area (Å²) in [5, 5.41) is 3.59. The first-order valence-electron chi connectivity index (χ1n) is 6.25. The summed E-state index contributed by atoms with van der Waals surface area (Å²) < 4.78 is 5.33. The topological polar surface area (TPSA) is 57.7 Å². The van der Waals surface area contributed by atoms with Crippen LogP contribution in [0, 0.1) is 0 Å². The van der Waals surface area contributed by atoms with Crippen LogP contribution in [-0.4, -0.2) is 29.7 Å². The Morgan fingerprint density at radius 3 is 2.76 bits per heavy atom. The van der Waals surface area contributed by atoms with Crippen molar-refractivity contribution >= 4 is 5.71 Å². The molecule has 0 spiro atoms. The Hall–Kier alpha value is -1.38. The molecule has 0 bridgehead atoms. The Morgan fingerprint density at radius 2 is 2.12 bits per heavy atom. The van der Waals surface area contributed by atoms with Crippen molar-refractivity contribution in [2.45, 2.75) is 44.2 Å². The fraction of sp³-hybridized carbons (Fsp3) is 0.615. The van der Waals surface area contributed by atoms with E-state index in [0.29, 0.717) is 11.8 Å². The summed E-state index contributed by atoms with van der Waals surface area (Å²) in [4.78, 5) is 3.17. The molecule has 4 nitrogen and oxygen atoms in total. The van der Waals surface area contributed by atoms with Crippen LogP contribution >= 0.6 is 0 Å². The zero-order valence-corrected chi connectivity index (χ0v) is 10.2. The maximum Gasteiger partial charge on any atom is 0.318 e. The van der Waals surface area contributed by atoms with E-state index in [0.717, 1.165) is 5.76 Å². The molecule has 1 atom stereocenters. The molecule has 92 valence electrons. The van der Waals surface area contributed by atoms with Gasteiger partial charge in [-0.2, -0.15) is 4.79 Å². The first-order chi connectivity index (χ1) is 8.33. The van der Waals surface area contributed by atoms with E-state index in [-0.39, 0.29) is 6.04 Å². The van der Waals surface area contributed by atoms with Crippen LogP contribution in [0.1, 0.15) is 32.1 Å². The molecule has 2 rings (SSSR count). The summed E-state index contributed by atoms with van der Waals surface area (Å²) in [7, 11) is 1.65. The van der Waals surface area contributed by atoms with Gasteiger partial charge in [-0.05, 0) is 12.8 Å². The molecule has 1 fully saturated rings. The van der Waals surface area contributed by atoms with Crippen LogP contribution in [0.4, 0.5) is 0 Å². The molecule has 0 radical (unpaired) electrons. The first-order valence-corrected chi connectivity index (χ1v) is 6.25. The quantitative estimate of drug-likeness (QED) is 0.599. The van der Waals surface area contributed by atoms with Crippen molar-refractivity contribution in [3.8, 4) is 0 Å². The molecule has 2 aliphatic rings. The van der Waals surface area contributed by atoms with Gasteiger partial charge in [-0.1, -0.05) is 25.3 Å². The number of allylic oxidation sites excluding steroid dienone is 2. The molecule has 1 N–H and O–H groups in total. The molecule has 1 saturated carbocycles. The van der Waals surface area contributed by atoms with Gasteiger partial charge in [0, 0.05) is 12.1 Å². The minimum absolute atomic E-state index is 0.105. The van der Waals surface area contributed by atoms with E-state index in [1.54, 1.807) is 13.2 Å². The van der Waals surface area contributed by atoms with Crippen molar-refractivity contribution < 1.29 is 9.53 Å². The van der Waals surface area contributed by atoms with Gasteiger partial charge in [0.05, 0.1) is 19.2 Å². The van der Waals surface area contributed by atoms with Crippen molar-refractivity contribution in [2.24, 2.45) is 0 Å². The highest BCUT2D eigenvalue weighted by Crippen LogP contribution is 2.20. The number of hydrogen-bond donors (Lipinski definition) is 1. The van der Waals surface area contributed by atoms with Crippen LogP contribution in [0.15, 0.2) is 24.0 Å². The Kier molecular flexibility index (Phi) is 4.13. The van der Waals surface area contributed by atoms with Crippen LogP contribution in [0.25, 0.3) is 5.53 Å². The van der Waals surface area contributed by atoms with Crippen LogP contribution in [-0.2, 0) is 4.74 Å². The van der Waals surface area contributed by atoms with Crippen LogP contribution in [0.2, 0.25) is 0 Å². The van der Waals surface area contributed by atoms with Crippen molar-refractivity contribution in [2.75, 3.05) is 7.11 Å². The summed E-state index contributed by atoms with van der Waals surface area (Å²) in [6.45, 7) is 0. The molecule has 0 aromatic heterocycles. The standard InChI is InChI=1S/C13H19N3O/c1-17-13-9-11(16-14)7-8-12(13)15-10-5-3-2-4-6-10/h7-10,12,15H,2-6H2,1H3. The van der Waals surface area contributed by atoms with Gasteiger partial charge in [0.15, 0.2) is 0 Å². The predicted molar refractivity (Wildman–Crippen MR) is 66.7 cm³/mol. The predicted octanol–water partition coefficient (Wildman–Crippen LogP) is 2.05. The molecular weight excluding hydrogens is 214 g/mol. The fourth-order valence-corrected chi connectivity index (χ4v) is 2.48. The molecule has 0 aromatic carbocycles. The Morgan fingerprint density at radius 1 is 1.35 bits per heavy atom. The van der Waals surface area contributed by atoms with Crippen LogP contribution in [0.3, 0.4) is 0 Å². The second kappa shape index (κ2) is 5.80. The zero-order valence-electron chi connectivity index (χ0n) is 10.2.